The van der Waals surface area contributed by atoms with Crippen LogP contribution in [0.25, 0.3) is 0 Å². The van der Waals surface area contributed by atoms with Gasteiger partial charge in [0.1, 0.15) is 6.04 Å². The zero-order chi connectivity index (χ0) is 19.1. The number of halogens is 2. The van der Waals surface area contributed by atoms with Crippen LogP contribution in [0.5, 0.6) is 0 Å². The number of likely N-dealkylation sites (N-methyl/N-ethyl adjacent to an activating group) is 1. The molecular weight excluding hydrogens is 387 g/mol. The minimum Gasteiger partial charge on any atom is -0.358 e. The van der Waals surface area contributed by atoms with Crippen molar-refractivity contribution in [1.29, 1.82) is 0 Å². The van der Waals surface area contributed by atoms with Crippen LogP contribution in [0.4, 0.5) is 5.69 Å². The van der Waals surface area contributed by atoms with Crippen molar-refractivity contribution in [2.24, 2.45) is 0 Å². The molecule has 1 fully saturated rings. The summed E-state index contributed by atoms with van der Waals surface area (Å²) in [6, 6.07) is 5.64. The van der Waals surface area contributed by atoms with Crippen molar-refractivity contribution in [2.75, 3.05) is 38.1 Å². The molecule has 0 spiro atoms. The Balaban J connectivity index is 0.00000261. The first-order chi connectivity index (χ1) is 12.2. The van der Waals surface area contributed by atoms with Gasteiger partial charge in [0.05, 0.1) is 6.54 Å². The van der Waals surface area contributed by atoms with Crippen LogP contribution in [0.1, 0.15) is 26.3 Å². The maximum Gasteiger partial charge on any atom is 0.241 e. The second-order valence-electron chi connectivity index (χ2n) is 7.89. The first kappa shape index (κ1) is 22.0. The smallest absolute Gasteiger partial charge is 0.241 e. The number of benzene rings is 1. The van der Waals surface area contributed by atoms with E-state index in [4.69, 9.17) is 11.6 Å². The summed E-state index contributed by atoms with van der Waals surface area (Å²) in [5.74, 6) is -0.0653. The van der Waals surface area contributed by atoms with E-state index in [0.717, 1.165) is 11.3 Å². The number of hydrogen-bond donors (Lipinski definition) is 2. The summed E-state index contributed by atoms with van der Waals surface area (Å²) in [6.45, 7) is 8.36. The average Bonchev–Trinajstić information content (AvgIpc) is 2.85. The molecule has 2 heterocycles. The van der Waals surface area contributed by atoms with Gasteiger partial charge in [0.15, 0.2) is 0 Å². The average molecular weight is 415 g/mol. The fourth-order valence-corrected chi connectivity index (χ4v) is 4.10. The van der Waals surface area contributed by atoms with Crippen LogP contribution in [-0.4, -0.2) is 62.0 Å². The van der Waals surface area contributed by atoms with E-state index < -0.39 is 0 Å². The van der Waals surface area contributed by atoms with Crippen molar-refractivity contribution in [2.45, 2.75) is 38.3 Å². The highest BCUT2D eigenvalue weighted by atomic mass is 35.5. The van der Waals surface area contributed by atoms with Gasteiger partial charge in [-0.3, -0.25) is 14.5 Å². The van der Waals surface area contributed by atoms with Crippen LogP contribution in [0.2, 0.25) is 5.02 Å². The van der Waals surface area contributed by atoms with Gasteiger partial charge in [-0.15, -0.1) is 12.4 Å². The van der Waals surface area contributed by atoms with Crippen molar-refractivity contribution >= 4 is 41.5 Å². The van der Waals surface area contributed by atoms with Gasteiger partial charge in [-0.2, -0.15) is 0 Å². The Hall–Kier alpha value is -1.34. The third kappa shape index (κ3) is 4.40. The molecule has 2 N–H and O–H groups in total. The van der Waals surface area contributed by atoms with E-state index in [9.17, 15) is 9.59 Å². The van der Waals surface area contributed by atoms with Gasteiger partial charge in [0.2, 0.25) is 11.8 Å². The maximum absolute atomic E-state index is 13.1. The lowest BCUT2D eigenvalue weighted by atomic mass is 9.87. The lowest BCUT2D eigenvalue weighted by Gasteiger charge is -2.38. The molecule has 0 saturated carbocycles. The SMILES string of the molecule is CNC(=O)[C@H]1CN[C@H](C)CN1CC(=O)N1CC(C)(C)c2ccc(Cl)cc21.Cl. The zero-order valence-electron chi connectivity index (χ0n) is 16.2. The number of anilines is 1. The van der Waals surface area contributed by atoms with Gasteiger partial charge in [0, 0.05) is 48.8 Å². The molecule has 8 heteroatoms. The monoisotopic (exact) mass is 414 g/mol. The molecule has 2 aliphatic heterocycles. The number of carbonyl (C=O) groups is 2. The minimum atomic E-state index is -0.338. The number of carbonyl (C=O) groups excluding carboxylic acids is 2. The van der Waals surface area contributed by atoms with Gasteiger partial charge in [-0.25, -0.2) is 0 Å². The van der Waals surface area contributed by atoms with Crippen molar-refractivity contribution < 1.29 is 9.59 Å². The second kappa shape index (κ2) is 8.35. The standard InChI is InChI=1S/C19H27ClN4O2.ClH/c1-12-9-23(16(8-22-12)18(26)21-4)10-17(25)24-11-19(2,3)14-6-5-13(20)7-15(14)24;/h5-7,12,16,22H,8-11H2,1-4H3,(H,21,26);1H/t12-,16-;/m1./s1. The molecule has 1 saturated heterocycles. The van der Waals surface area contributed by atoms with Crippen molar-refractivity contribution in [3.63, 3.8) is 0 Å². The van der Waals surface area contributed by atoms with E-state index in [1.807, 2.05) is 28.0 Å². The number of rotatable bonds is 3. The molecule has 0 unspecified atom stereocenters. The molecule has 0 radical (unpaired) electrons. The van der Waals surface area contributed by atoms with Crippen LogP contribution >= 0.6 is 24.0 Å². The summed E-state index contributed by atoms with van der Waals surface area (Å²) in [6.07, 6.45) is 0. The lowest BCUT2D eigenvalue weighted by Crippen LogP contribution is -2.62. The molecule has 6 nitrogen and oxygen atoms in total. The van der Waals surface area contributed by atoms with Crippen LogP contribution in [0.15, 0.2) is 18.2 Å². The summed E-state index contributed by atoms with van der Waals surface area (Å²) in [5, 5.41) is 6.63. The molecule has 2 amide bonds. The Labute approximate surface area is 172 Å². The molecule has 0 aromatic heterocycles. The van der Waals surface area contributed by atoms with Gasteiger partial charge < -0.3 is 15.5 Å². The van der Waals surface area contributed by atoms with E-state index in [2.05, 4.69) is 31.4 Å². The largest absolute Gasteiger partial charge is 0.358 e. The van der Waals surface area contributed by atoms with E-state index >= 15 is 0 Å². The fraction of sp³-hybridized carbons (Fsp3) is 0.579. The van der Waals surface area contributed by atoms with Gasteiger partial charge in [-0.05, 0) is 24.6 Å². The second-order valence-corrected chi connectivity index (χ2v) is 8.33. The summed E-state index contributed by atoms with van der Waals surface area (Å²) < 4.78 is 0. The Kier molecular flexibility index (Phi) is 6.79. The van der Waals surface area contributed by atoms with Gasteiger partial charge in [-0.1, -0.05) is 31.5 Å². The van der Waals surface area contributed by atoms with Crippen LogP contribution < -0.4 is 15.5 Å². The molecule has 1 aromatic rings. The van der Waals surface area contributed by atoms with E-state index in [-0.39, 0.29) is 48.3 Å². The number of nitrogens with one attached hydrogen (secondary N) is 2. The van der Waals surface area contributed by atoms with E-state index in [1.165, 1.54) is 0 Å². The molecular formula is C19H28Cl2N4O2. The molecule has 3 rings (SSSR count). The summed E-state index contributed by atoms with van der Waals surface area (Å²) in [5.41, 5.74) is 1.89. The highest BCUT2D eigenvalue weighted by Crippen LogP contribution is 2.41. The Morgan fingerprint density at radius 1 is 1.37 bits per heavy atom. The maximum atomic E-state index is 13.1. The first-order valence-corrected chi connectivity index (χ1v) is 9.40. The summed E-state index contributed by atoms with van der Waals surface area (Å²) in [7, 11) is 1.63. The number of hydrogen-bond acceptors (Lipinski definition) is 4. The predicted octanol–water partition coefficient (Wildman–Crippen LogP) is 1.79. The highest BCUT2D eigenvalue weighted by Gasteiger charge is 2.40. The van der Waals surface area contributed by atoms with Crippen LogP contribution in [-0.2, 0) is 15.0 Å². The Morgan fingerprint density at radius 2 is 2.07 bits per heavy atom. The van der Waals surface area contributed by atoms with E-state index in [1.54, 1.807) is 7.05 Å². The van der Waals surface area contributed by atoms with Crippen molar-refractivity contribution in [3.8, 4) is 0 Å². The summed E-state index contributed by atoms with van der Waals surface area (Å²) >= 11 is 6.17. The topological polar surface area (TPSA) is 64.7 Å². The molecule has 0 bridgehead atoms. The third-order valence-electron chi connectivity index (χ3n) is 5.33. The number of fused-ring (bicyclic) bond motifs is 1. The third-order valence-corrected chi connectivity index (χ3v) is 5.57. The normalized spacial score (nSPS) is 24.1. The number of amides is 2. The molecule has 2 atom stereocenters. The van der Waals surface area contributed by atoms with Crippen molar-refractivity contribution in [1.82, 2.24) is 15.5 Å². The molecule has 150 valence electrons. The molecule has 27 heavy (non-hydrogen) atoms. The fourth-order valence-electron chi connectivity index (χ4n) is 3.93. The minimum absolute atomic E-state index is 0. The number of piperazine rings is 1. The zero-order valence-corrected chi connectivity index (χ0v) is 17.8. The predicted molar refractivity (Wildman–Crippen MR) is 111 cm³/mol. The Bertz CT molecular complexity index is 726. The van der Waals surface area contributed by atoms with Crippen LogP contribution in [0.3, 0.4) is 0 Å². The van der Waals surface area contributed by atoms with Gasteiger partial charge in [0.25, 0.3) is 0 Å². The van der Waals surface area contributed by atoms with Crippen LogP contribution in [0, 0.1) is 0 Å². The summed E-state index contributed by atoms with van der Waals surface area (Å²) in [4.78, 5) is 29.1. The number of nitrogens with zero attached hydrogens (tertiary/aromatic N) is 2. The first-order valence-electron chi connectivity index (χ1n) is 9.02. The molecule has 2 aliphatic rings. The highest BCUT2D eigenvalue weighted by molar-refractivity contribution is 6.31. The molecule has 1 aromatic carbocycles. The van der Waals surface area contributed by atoms with Gasteiger partial charge >= 0.3 is 0 Å². The van der Waals surface area contributed by atoms with Crippen molar-refractivity contribution in [3.05, 3.63) is 28.8 Å². The van der Waals surface area contributed by atoms with E-state index in [0.29, 0.717) is 24.7 Å². The lowest BCUT2D eigenvalue weighted by molar-refractivity contribution is -0.129. The quantitative estimate of drug-likeness (QED) is 0.791. The molecule has 0 aliphatic carbocycles. The Morgan fingerprint density at radius 3 is 2.74 bits per heavy atom.